The van der Waals surface area contributed by atoms with Gasteiger partial charge in [0, 0.05) is 16.4 Å². The Bertz CT molecular complexity index is 1150. The lowest BCUT2D eigenvalue weighted by molar-refractivity contribution is 0.273. The van der Waals surface area contributed by atoms with Crippen LogP contribution in [0.4, 0.5) is 11.5 Å². The number of anilines is 2. The number of para-hydroxylation sites is 1. The van der Waals surface area contributed by atoms with E-state index < -0.39 is 7.14 Å². The molecule has 4 rings (SSSR count). The molecule has 132 valence electrons. The van der Waals surface area contributed by atoms with Gasteiger partial charge in [0.2, 0.25) is 0 Å². The number of hydrogen-bond donors (Lipinski definition) is 3. The first kappa shape index (κ1) is 16.8. The number of nitrogens with one attached hydrogen (secondary N) is 2. The number of aliphatic hydroxyl groups is 1. The van der Waals surface area contributed by atoms with Crippen molar-refractivity contribution in [2.45, 2.75) is 6.61 Å². The Labute approximate surface area is 150 Å². The summed E-state index contributed by atoms with van der Waals surface area (Å²) in [6.45, 7) is 3.34. The number of imidazole rings is 1. The zero-order valence-electron chi connectivity index (χ0n) is 14.5. The van der Waals surface area contributed by atoms with Gasteiger partial charge >= 0.3 is 0 Å². The van der Waals surface area contributed by atoms with E-state index in [9.17, 15) is 9.67 Å². The van der Waals surface area contributed by atoms with E-state index in [0.717, 1.165) is 27.4 Å². The molecule has 7 heteroatoms. The maximum absolute atomic E-state index is 12.2. The number of pyridine rings is 1. The van der Waals surface area contributed by atoms with Crippen LogP contribution in [0.25, 0.3) is 21.9 Å². The minimum Gasteiger partial charge on any atom is -0.388 e. The molecule has 0 saturated heterocycles. The fraction of sp³-hybridized carbons (Fsp3) is 0.158. The largest absolute Gasteiger partial charge is 0.388 e. The first-order chi connectivity index (χ1) is 12.5. The van der Waals surface area contributed by atoms with Gasteiger partial charge in [0.25, 0.3) is 0 Å². The standard InChI is InChI=1S/C19H19N4O2P/c1-26(2,25)13-9-7-12(8-10-13)20-19-18-17(22-16(11-24)23-18)14-5-3-4-6-15(14)21-19/h3-10,24H,11H2,1-2H3,(H,20,21)(H,22,23). The van der Waals surface area contributed by atoms with Gasteiger partial charge in [-0.2, -0.15) is 0 Å². The highest BCUT2D eigenvalue weighted by Gasteiger charge is 2.14. The zero-order chi connectivity index (χ0) is 18.3. The Morgan fingerprint density at radius 1 is 1.08 bits per heavy atom. The summed E-state index contributed by atoms with van der Waals surface area (Å²) in [5.41, 5.74) is 3.18. The van der Waals surface area contributed by atoms with Crippen molar-refractivity contribution in [2.75, 3.05) is 18.6 Å². The molecular formula is C19H19N4O2P. The Morgan fingerprint density at radius 3 is 2.50 bits per heavy atom. The summed E-state index contributed by atoms with van der Waals surface area (Å²) in [7, 11) is -2.28. The molecule has 0 spiro atoms. The third-order valence-electron chi connectivity index (χ3n) is 4.28. The smallest absolute Gasteiger partial charge is 0.159 e. The number of aromatic nitrogens is 3. The fourth-order valence-electron chi connectivity index (χ4n) is 2.95. The van der Waals surface area contributed by atoms with Gasteiger partial charge in [-0.15, -0.1) is 0 Å². The van der Waals surface area contributed by atoms with Gasteiger partial charge in [-0.3, -0.25) is 0 Å². The lowest BCUT2D eigenvalue weighted by atomic mass is 10.2. The molecule has 0 aliphatic heterocycles. The lowest BCUT2D eigenvalue weighted by Gasteiger charge is -2.10. The number of aliphatic hydroxyl groups excluding tert-OH is 1. The fourth-order valence-corrected chi connectivity index (χ4v) is 3.81. The van der Waals surface area contributed by atoms with Crippen molar-refractivity contribution >= 4 is 45.9 Å². The molecule has 0 atom stereocenters. The minimum atomic E-state index is -2.28. The van der Waals surface area contributed by atoms with E-state index in [1.807, 2.05) is 48.5 Å². The molecule has 0 fully saturated rings. The van der Waals surface area contributed by atoms with Gasteiger partial charge in [-0.1, -0.05) is 18.2 Å². The highest BCUT2D eigenvalue weighted by molar-refractivity contribution is 7.70. The molecule has 2 aromatic carbocycles. The normalized spacial score (nSPS) is 12.0. The summed E-state index contributed by atoms with van der Waals surface area (Å²) in [6.07, 6.45) is 0. The van der Waals surface area contributed by atoms with E-state index in [-0.39, 0.29) is 6.61 Å². The van der Waals surface area contributed by atoms with Crippen LogP contribution in [-0.4, -0.2) is 33.4 Å². The highest BCUT2D eigenvalue weighted by Crippen LogP contribution is 2.35. The SMILES string of the molecule is CP(C)(=O)c1ccc(Nc2nc3ccccc3c3[nH]c(CO)nc23)cc1. The molecule has 0 aliphatic carbocycles. The second-order valence-corrected chi connectivity index (χ2v) is 9.78. The number of hydrogen-bond acceptors (Lipinski definition) is 5. The molecule has 26 heavy (non-hydrogen) atoms. The first-order valence-electron chi connectivity index (χ1n) is 8.26. The van der Waals surface area contributed by atoms with Crippen molar-refractivity contribution in [2.24, 2.45) is 0 Å². The molecule has 0 saturated carbocycles. The van der Waals surface area contributed by atoms with Crippen LogP contribution in [0, 0.1) is 0 Å². The van der Waals surface area contributed by atoms with Crippen molar-refractivity contribution in [3.8, 4) is 0 Å². The molecule has 0 bridgehead atoms. The highest BCUT2D eigenvalue weighted by atomic mass is 31.2. The molecular weight excluding hydrogens is 347 g/mol. The van der Waals surface area contributed by atoms with Gasteiger partial charge in [-0.05, 0) is 43.7 Å². The molecule has 0 unspecified atom stereocenters. The lowest BCUT2D eigenvalue weighted by Crippen LogP contribution is -2.03. The number of H-pyrrole nitrogens is 1. The molecule has 2 heterocycles. The second kappa shape index (κ2) is 6.24. The molecule has 0 aliphatic rings. The zero-order valence-corrected chi connectivity index (χ0v) is 15.4. The summed E-state index contributed by atoms with van der Waals surface area (Å²) in [6, 6.07) is 15.3. The number of fused-ring (bicyclic) bond motifs is 3. The van der Waals surface area contributed by atoms with Crippen LogP contribution >= 0.6 is 7.14 Å². The first-order valence-corrected chi connectivity index (χ1v) is 10.9. The Kier molecular flexibility index (Phi) is 4.02. The number of benzene rings is 2. The third-order valence-corrected chi connectivity index (χ3v) is 5.83. The van der Waals surface area contributed by atoms with E-state index in [0.29, 0.717) is 17.2 Å². The van der Waals surface area contributed by atoms with Crippen molar-refractivity contribution < 1.29 is 9.67 Å². The number of aromatic amines is 1. The van der Waals surface area contributed by atoms with Crippen LogP contribution < -0.4 is 10.6 Å². The van der Waals surface area contributed by atoms with E-state index >= 15 is 0 Å². The topological polar surface area (TPSA) is 90.9 Å². The maximum Gasteiger partial charge on any atom is 0.159 e. The monoisotopic (exact) mass is 366 g/mol. The summed E-state index contributed by atoms with van der Waals surface area (Å²) in [4.78, 5) is 12.3. The van der Waals surface area contributed by atoms with Crippen molar-refractivity contribution in [3.05, 3.63) is 54.4 Å². The van der Waals surface area contributed by atoms with Crippen LogP contribution in [0.1, 0.15) is 5.82 Å². The predicted octanol–water partition coefficient (Wildman–Crippen LogP) is 3.60. The predicted molar refractivity (Wildman–Crippen MR) is 106 cm³/mol. The third kappa shape index (κ3) is 2.98. The average molecular weight is 366 g/mol. The average Bonchev–Trinajstić information content (AvgIpc) is 3.07. The van der Waals surface area contributed by atoms with Crippen molar-refractivity contribution in [3.63, 3.8) is 0 Å². The Balaban J connectivity index is 1.82. The quantitative estimate of drug-likeness (QED) is 0.480. The van der Waals surface area contributed by atoms with E-state index in [1.54, 1.807) is 13.3 Å². The summed E-state index contributed by atoms with van der Waals surface area (Å²) < 4.78 is 12.2. The van der Waals surface area contributed by atoms with Gasteiger partial charge in [0.1, 0.15) is 25.1 Å². The molecule has 2 aromatic heterocycles. The van der Waals surface area contributed by atoms with Crippen LogP contribution in [0.15, 0.2) is 48.5 Å². The van der Waals surface area contributed by atoms with Gasteiger partial charge in [-0.25, -0.2) is 9.97 Å². The van der Waals surface area contributed by atoms with E-state index in [4.69, 9.17) is 0 Å². The minimum absolute atomic E-state index is 0.167. The second-order valence-electron chi connectivity index (χ2n) is 6.57. The van der Waals surface area contributed by atoms with Crippen LogP contribution in [-0.2, 0) is 11.2 Å². The van der Waals surface area contributed by atoms with Gasteiger partial charge in [0.15, 0.2) is 5.82 Å². The molecule has 0 radical (unpaired) electrons. The van der Waals surface area contributed by atoms with Gasteiger partial charge in [0.05, 0.1) is 11.0 Å². The van der Waals surface area contributed by atoms with Crippen molar-refractivity contribution in [1.82, 2.24) is 15.0 Å². The summed E-state index contributed by atoms with van der Waals surface area (Å²) in [5.74, 6) is 1.10. The number of rotatable bonds is 4. The van der Waals surface area contributed by atoms with Crippen molar-refractivity contribution in [1.29, 1.82) is 0 Å². The van der Waals surface area contributed by atoms with Gasteiger partial charge < -0.3 is 20.0 Å². The summed E-state index contributed by atoms with van der Waals surface area (Å²) >= 11 is 0. The number of nitrogens with zero attached hydrogens (tertiary/aromatic N) is 2. The maximum atomic E-state index is 12.2. The van der Waals surface area contributed by atoms with Crippen LogP contribution in [0.2, 0.25) is 0 Å². The molecule has 6 nitrogen and oxygen atoms in total. The molecule has 4 aromatic rings. The summed E-state index contributed by atoms with van der Waals surface area (Å²) in [5, 5.41) is 14.5. The Hall–Kier alpha value is -2.69. The van der Waals surface area contributed by atoms with Crippen LogP contribution in [0.5, 0.6) is 0 Å². The molecule has 3 N–H and O–H groups in total. The molecule has 0 amide bonds. The Morgan fingerprint density at radius 2 is 1.81 bits per heavy atom. The van der Waals surface area contributed by atoms with Crippen LogP contribution in [0.3, 0.4) is 0 Å². The van der Waals surface area contributed by atoms with E-state index in [1.165, 1.54) is 0 Å². The van der Waals surface area contributed by atoms with E-state index in [2.05, 4.69) is 20.3 Å².